The van der Waals surface area contributed by atoms with Gasteiger partial charge < -0.3 is 5.11 Å². The van der Waals surface area contributed by atoms with Crippen molar-refractivity contribution in [3.63, 3.8) is 0 Å². The molecule has 4 nitrogen and oxygen atoms in total. The zero-order valence-corrected chi connectivity index (χ0v) is 6.33. The van der Waals surface area contributed by atoms with Crippen LogP contribution in [0.2, 0.25) is 0 Å². The van der Waals surface area contributed by atoms with E-state index in [4.69, 9.17) is 5.11 Å². The van der Waals surface area contributed by atoms with Crippen LogP contribution in [0.25, 0.3) is 0 Å². The molecular weight excluding hydrogens is 134 g/mol. The molecule has 0 aromatic carbocycles. The zero-order valence-electron chi connectivity index (χ0n) is 6.33. The number of aliphatic hydroxyl groups is 1. The van der Waals surface area contributed by atoms with E-state index in [1.165, 1.54) is 0 Å². The number of hydrogen-bond acceptors (Lipinski definition) is 3. The molecule has 0 aromatic heterocycles. The smallest absolute Gasteiger partial charge is 0.208 e. The maximum absolute atomic E-state index is 10.0. The molecule has 0 aliphatic rings. The van der Waals surface area contributed by atoms with E-state index < -0.39 is 0 Å². The minimum Gasteiger partial charge on any atom is -0.396 e. The summed E-state index contributed by atoms with van der Waals surface area (Å²) in [5.74, 6) is 0. The lowest BCUT2D eigenvalue weighted by molar-refractivity contribution is -0.496. The highest BCUT2D eigenvalue weighted by atomic mass is 16.6. The van der Waals surface area contributed by atoms with Crippen molar-refractivity contribution in [1.29, 1.82) is 0 Å². The lowest BCUT2D eigenvalue weighted by Gasteiger charge is -2.17. The van der Waals surface area contributed by atoms with Crippen LogP contribution in [0.5, 0.6) is 0 Å². The first-order valence-corrected chi connectivity index (χ1v) is 3.20. The van der Waals surface area contributed by atoms with Crippen LogP contribution in [0.1, 0.15) is 20.3 Å². The van der Waals surface area contributed by atoms with Gasteiger partial charge in [-0.15, -0.1) is 0 Å². The highest BCUT2D eigenvalue weighted by molar-refractivity contribution is 4.65. The highest BCUT2D eigenvalue weighted by Crippen LogP contribution is 2.18. The molecule has 0 rings (SSSR count). The lowest BCUT2D eigenvalue weighted by Crippen LogP contribution is -2.24. The summed E-state index contributed by atoms with van der Waals surface area (Å²) in [5.41, 5.74) is -0.377. The van der Waals surface area contributed by atoms with Gasteiger partial charge in [-0.05, 0) is 6.42 Å². The third-order valence-corrected chi connectivity index (χ3v) is 1.35. The van der Waals surface area contributed by atoms with Gasteiger partial charge in [0.1, 0.15) is 0 Å². The van der Waals surface area contributed by atoms with Gasteiger partial charge >= 0.3 is 0 Å². The summed E-state index contributed by atoms with van der Waals surface area (Å²) in [7, 11) is 0. The fourth-order valence-corrected chi connectivity index (χ4v) is 0.731. The van der Waals surface area contributed by atoms with Crippen LogP contribution in [0.15, 0.2) is 0 Å². The van der Waals surface area contributed by atoms with Gasteiger partial charge in [0.15, 0.2) is 0 Å². The van der Waals surface area contributed by atoms with E-state index in [1.54, 1.807) is 13.8 Å². The Morgan fingerprint density at radius 2 is 2.10 bits per heavy atom. The van der Waals surface area contributed by atoms with Crippen LogP contribution < -0.4 is 0 Å². The summed E-state index contributed by atoms with van der Waals surface area (Å²) >= 11 is 0. The first-order chi connectivity index (χ1) is 4.48. The van der Waals surface area contributed by atoms with E-state index in [9.17, 15) is 10.1 Å². The van der Waals surface area contributed by atoms with E-state index in [0.717, 1.165) is 0 Å². The second kappa shape index (κ2) is 3.51. The van der Waals surface area contributed by atoms with E-state index in [2.05, 4.69) is 0 Å². The van der Waals surface area contributed by atoms with E-state index >= 15 is 0 Å². The van der Waals surface area contributed by atoms with Crippen molar-refractivity contribution in [3.05, 3.63) is 10.1 Å². The van der Waals surface area contributed by atoms with Gasteiger partial charge in [0, 0.05) is 16.9 Å². The van der Waals surface area contributed by atoms with Gasteiger partial charge in [-0.1, -0.05) is 13.8 Å². The minimum absolute atomic E-state index is 0.0147. The first-order valence-electron chi connectivity index (χ1n) is 3.20. The predicted molar refractivity (Wildman–Crippen MR) is 37.3 cm³/mol. The topological polar surface area (TPSA) is 63.4 Å². The van der Waals surface area contributed by atoms with Crippen molar-refractivity contribution in [1.82, 2.24) is 0 Å². The standard InChI is InChI=1S/C6H13NO3/c1-6(2,3-4-8)5-7(9)10/h8H,3-5H2,1-2H3. The summed E-state index contributed by atoms with van der Waals surface area (Å²) in [6.07, 6.45) is 0.480. The Hall–Kier alpha value is -0.640. The SMILES string of the molecule is CC(C)(CCO)C[N+](=O)[O-]. The van der Waals surface area contributed by atoms with Crippen LogP contribution in [0.4, 0.5) is 0 Å². The summed E-state index contributed by atoms with van der Waals surface area (Å²) in [6.45, 7) is 3.48. The zero-order chi connectivity index (χ0) is 8.20. The van der Waals surface area contributed by atoms with Crippen molar-refractivity contribution < 1.29 is 10.0 Å². The number of nitro groups is 1. The van der Waals surface area contributed by atoms with Gasteiger partial charge in [-0.25, -0.2) is 0 Å². The van der Waals surface area contributed by atoms with Crippen molar-refractivity contribution in [2.75, 3.05) is 13.2 Å². The molecule has 0 spiro atoms. The Morgan fingerprint density at radius 1 is 1.60 bits per heavy atom. The molecule has 1 N–H and O–H groups in total. The average molecular weight is 147 g/mol. The molecule has 0 atom stereocenters. The Labute approximate surface area is 60.0 Å². The van der Waals surface area contributed by atoms with Crippen molar-refractivity contribution in [2.24, 2.45) is 5.41 Å². The van der Waals surface area contributed by atoms with Crippen molar-refractivity contribution in [2.45, 2.75) is 20.3 Å². The summed E-state index contributed by atoms with van der Waals surface area (Å²) in [6, 6.07) is 0. The van der Waals surface area contributed by atoms with E-state index in [-0.39, 0.29) is 23.5 Å². The van der Waals surface area contributed by atoms with E-state index in [0.29, 0.717) is 6.42 Å². The Morgan fingerprint density at radius 3 is 2.40 bits per heavy atom. The maximum Gasteiger partial charge on any atom is 0.208 e. The number of nitrogens with zero attached hydrogens (tertiary/aromatic N) is 1. The fourth-order valence-electron chi connectivity index (χ4n) is 0.731. The quantitative estimate of drug-likeness (QED) is 0.469. The monoisotopic (exact) mass is 147 g/mol. The Balaban J connectivity index is 3.74. The average Bonchev–Trinajstić information content (AvgIpc) is 1.59. The molecule has 0 saturated heterocycles. The maximum atomic E-state index is 10.0. The molecule has 0 heterocycles. The van der Waals surface area contributed by atoms with Crippen molar-refractivity contribution >= 4 is 0 Å². The normalized spacial score (nSPS) is 11.5. The third-order valence-electron chi connectivity index (χ3n) is 1.35. The van der Waals surface area contributed by atoms with Gasteiger partial charge in [0.05, 0.1) is 0 Å². The van der Waals surface area contributed by atoms with Gasteiger partial charge in [-0.2, -0.15) is 0 Å². The minimum atomic E-state index is -0.377. The molecule has 0 aromatic rings. The summed E-state index contributed by atoms with van der Waals surface area (Å²) in [5, 5.41) is 18.5. The Bertz CT molecular complexity index is 122. The fraction of sp³-hybridized carbons (Fsp3) is 1.00. The van der Waals surface area contributed by atoms with Crippen LogP contribution >= 0.6 is 0 Å². The second-order valence-corrected chi connectivity index (χ2v) is 3.13. The molecule has 0 fully saturated rings. The van der Waals surface area contributed by atoms with Crippen LogP contribution in [0.3, 0.4) is 0 Å². The molecule has 0 radical (unpaired) electrons. The predicted octanol–water partition coefficient (Wildman–Crippen LogP) is 0.672. The summed E-state index contributed by atoms with van der Waals surface area (Å²) in [4.78, 5) is 9.66. The molecule has 4 heteroatoms. The van der Waals surface area contributed by atoms with Crippen LogP contribution in [-0.2, 0) is 0 Å². The molecule has 0 unspecified atom stereocenters. The second-order valence-electron chi connectivity index (χ2n) is 3.13. The molecule has 0 aliphatic heterocycles. The van der Waals surface area contributed by atoms with Gasteiger partial charge in [-0.3, -0.25) is 10.1 Å². The molecule has 60 valence electrons. The molecule has 0 aliphatic carbocycles. The van der Waals surface area contributed by atoms with Crippen LogP contribution in [0, 0.1) is 15.5 Å². The molecule has 0 saturated carbocycles. The lowest BCUT2D eigenvalue weighted by atomic mass is 9.90. The largest absolute Gasteiger partial charge is 0.396 e. The highest BCUT2D eigenvalue weighted by Gasteiger charge is 2.23. The number of aliphatic hydroxyl groups excluding tert-OH is 1. The first kappa shape index (κ1) is 9.36. The molecule has 0 amide bonds. The van der Waals surface area contributed by atoms with Crippen molar-refractivity contribution in [3.8, 4) is 0 Å². The number of hydrogen-bond donors (Lipinski definition) is 1. The summed E-state index contributed by atoms with van der Waals surface area (Å²) < 4.78 is 0. The molecule has 0 bridgehead atoms. The number of rotatable bonds is 4. The van der Waals surface area contributed by atoms with E-state index in [1.807, 2.05) is 0 Å². The molecule has 10 heavy (non-hydrogen) atoms. The van der Waals surface area contributed by atoms with Crippen LogP contribution in [-0.4, -0.2) is 23.2 Å². The third kappa shape index (κ3) is 4.26. The van der Waals surface area contributed by atoms with Gasteiger partial charge in [0.25, 0.3) is 0 Å². The van der Waals surface area contributed by atoms with Gasteiger partial charge in [0.2, 0.25) is 6.54 Å². The molecular formula is C6H13NO3. The Kier molecular flexibility index (Phi) is 3.28.